The van der Waals surface area contributed by atoms with Crippen LogP contribution in [0.1, 0.15) is 32.4 Å². The molecule has 1 atom stereocenters. The number of hydrogen-bond donors (Lipinski definition) is 0. The van der Waals surface area contributed by atoms with Crippen molar-refractivity contribution < 1.29 is 9.21 Å². The van der Waals surface area contributed by atoms with Crippen molar-refractivity contribution in [3.8, 4) is 0 Å². The Balaban J connectivity index is 2.88. The number of carbonyl (C=O) groups is 1. The van der Waals surface area contributed by atoms with Gasteiger partial charge in [0.2, 0.25) is 0 Å². The number of rotatable bonds is 3. The minimum atomic E-state index is -0.0833. The molecule has 0 aliphatic carbocycles. The molecule has 2 heteroatoms. The Kier molecular flexibility index (Phi) is 2.69. The summed E-state index contributed by atoms with van der Waals surface area (Å²) >= 11 is 0. The van der Waals surface area contributed by atoms with Crippen molar-refractivity contribution in [3.63, 3.8) is 0 Å². The average molecular weight is 166 g/mol. The lowest BCUT2D eigenvalue weighted by Gasteiger charge is -2.14. The largest absolute Gasteiger partial charge is 0.469 e. The summed E-state index contributed by atoms with van der Waals surface area (Å²) in [6.07, 6.45) is 1.60. The van der Waals surface area contributed by atoms with Gasteiger partial charge in [0.05, 0.1) is 12.2 Å². The van der Waals surface area contributed by atoms with Gasteiger partial charge in [0.25, 0.3) is 0 Å². The smallest absolute Gasteiger partial charge is 0.140 e. The fraction of sp³-hybridized carbons (Fsp3) is 0.500. The SMILES string of the molecule is CC(=O)C(c1ccco1)C(C)C. The molecule has 1 aromatic heterocycles. The summed E-state index contributed by atoms with van der Waals surface area (Å²) in [5, 5.41) is 0. The monoisotopic (exact) mass is 166 g/mol. The van der Waals surface area contributed by atoms with Crippen LogP contribution in [0.2, 0.25) is 0 Å². The van der Waals surface area contributed by atoms with E-state index in [1.54, 1.807) is 13.2 Å². The van der Waals surface area contributed by atoms with Crippen molar-refractivity contribution in [2.75, 3.05) is 0 Å². The quantitative estimate of drug-likeness (QED) is 0.690. The van der Waals surface area contributed by atoms with Crippen LogP contribution in [0.3, 0.4) is 0 Å². The highest BCUT2D eigenvalue weighted by Crippen LogP contribution is 2.25. The highest BCUT2D eigenvalue weighted by molar-refractivity contribution is 5.82. The molecule has 1 rings (SSSR count). The Hall–Kier alpha value is -1.05. The van der Waals surface area contributed by atoms with Crippen molar-refractivity contribution in [3.05, 3.63) is 24.2 Å². The van der Waals surface area contributed by atoms with Gasteiger partial charge in [-0.1, -0.05) is 13.8 Å². The molecule has 1 heterocycles. The van der Waals surface area contributed by atoms with Gasteiger partial charge in [-0.05, 0) is 25.0 Å². The maximum atomic E-state index is 11.2. The topological polar surface area (TPSA) is 30.2 Å². The van der Waals surface area contributed by atoms with E-state index in [2.05, 4.69) is 0 Å². The van der Waals surface area contributed by atoms with E-state index in [-0.39, 0.29) is 11.7 Å². The van der Waals surface area contributed by atoms with Gasteiger partial charge in [0, 0.05) is 0 Å². The molecule has 0 fully saturated rings. The van der Waals surface area contributed by atoms with Crippen molar-refractivity contribution >= 4 is 5.78 Å². The molecule has 12 heavy (non-hydrogen) atoms. The Bertz CT molecular complexity index is 247. The number of hydrogen-bond acceptors (Lipinski definition) is 2. The first-order valence-electron chi connectivity index (χ1n) is 4.16. The van der Waals surface area contributed by atoms with Crippen molar-refractivity contribution in [2.45, 2.75) is 26.7 Å². The van der Waals surface area contributed by atoms with Crippen molar-refractivity contribution in [1.29, 1.82) is 0 Å². The predicted molar refractivity (Wildman–Crippen MR) is 47.0 cm³/mol. The fourth-order valence-electron chi connectivity index (χ4n) is 1.47. The third-order valence-electron chi connectivity index (χ3n) is 1.95. The first-order valence-corrected chi connectivity index (χ1v) is 4.16. The molecule has 0 aliphatic heterocycles. The molecular formula is C10H14O2. The lowest BCUT2D eigenvalue weighted by molar-refractivity contribution is -0.119. The zero-order valence-electron chi connectivity index (χ0n) is 7.70. The van der Waals surface area contributed by atoms with Crippen LogP contribution < -0.4 is 0 Å². The zero-order valence-corrected chi connectivity index (χ0v) is 7.70. The van der Waals surface area contributed by atoms with Crippen LogP contribution in [0.5, 0.6) is 0 Å². The molecule has 1 unspecified atom stereocenters. The van der Waals surface area contributed by atoms with Gasteiger partial charge in [-0.25, -0.2) is 0 Å². The molecule has 66 valence electrons. The molecule has 1 aromatic rings. The standard InChI is InChI=1S/C10H14O2/c1-7(2)10(8(3)11)9-5-4-6-12-9/h4-7,10H,1-3H3. The summed E-state index contributed by atoms with van der Waals surface area (Å²) in [4.78, 5) is 11.2. The minimum Gasteiger partial charge on any atom is -0.469 e. The number of furan rings is 1. The van der Waals surface area contributed by atoms with Crippen molar-refractivity contribution in [2.24, 2.45) is 5.92 Å². The molecule has 0 amide bonds. The van der Waals surface area contributed by atoms with Crippen LogP contribution in [0, 0.1) is 5.92 Å². The van der Waals surface area contributed by atoms with Crippen LogP contribution in [0.4, 0.5) is 0 Å². The summed E-state index contributed by atoms with van der Waals surface area (Å²) in [5.41, 5.74) is 0. The molecule has 0 bridgehead atoms. The lowest BCUT2D eigenvalue weighted by atomic mass is 9.90. The Morgan fingerprint density at radius 1 is 1.50 bits per heavy atom. The van der Waals surface area contributed by atoms with E-state index in [0.717, 1.165) is 5.76 Å². The van der Waals surface area contributed by atoms with E-state index in [1.807, 2.05) is 26.0 Å². The van der Waals surface area contributed by atoms with Crippen LogP contribution in [0.15, 0.2) is 22.8 Å². The van der Waals surface area contributed by atoms with Crippen molar-refractivity contribution in [1.82, 2.24) is 0 Å². The second-order valence-electron chi connectivity index (χ2n) is 3.35. The molecular weight excluding hydrogens is 152 g/mol. The Morgan fingerprint density at radius 2 is 2.17 bits per heavy atom. The molecule has 0 aromatic carbocycles. The van der Waals surface area contributed by atoms with Gasteiger partial charge in [0.1, 0.15) is 11.5 Å². The normalized spacial score (nSPS) is 13.3. The van der Waals surface area contributed by atoms with Crippen LogP contribution >= 0.6 is 0 Å². The van der Waals surface area contributed by atoms with Gasteiger partial charge >= 0.3 is 0 Å². The first-order chi connectivity index (χ1) is 5.63. The summed E-state index contributed by atoms with van der Waals surface area (Å²) in [5.74, 6) is 1.16. The van der Waals surface area contributed by atoms with Gasteiger partial charge < -0.3 is 4.42 Å². The Morgan fingerprint density at radius 3 is 2.50 bits per heavy atom. The number of ketones is 1. The van der Waals surface area contributed by atoms with Gasteiger partial charge in [0.15, 0.2) is 0 Å². The maximum Gasteiger partial charge on any atom is 0.140 e. The van der Waals surface area contributed by atoms with E-state index in [4.69, 9.17) is 4.42 Å². The Labute approximate surface area is 72.6 Å². The lowest BCUT2D eigenvalue weighted by Crippen LogP contribution is -2.14. The van der Waals surface area contributed by atoms with E-state index in [0.29, 0.717) is 5.92 Å². The van der Waals surface area contributed by atoms with E-state index >= 15 is 0 Å². The van der Waals surface area contributed by atoms with Gasteiger partial charge in [-0.15, -0.1) is 0 Å². The predicted octanol–water partition coefficient (Wildman–Crippen LogP) is 2.61. The summed E-state index contributed by atoms with van der Waals surface area (Å²) in [6, 6.07) is 3.67. The van der Waals surface area contributed by atoms with Crippen LogP contribution in [-0.2, 0) is 4.79 Å². The molecule has 0 N–H and O–H groups in total. The highest BCUT2D eigenvalue weighted by Gasteiger charge is 2.22. The average Bonchev–Trinajstić information content (AvgIpc) is 2.37. The molecule has 0 saturated carbocycles. The number of carbonyl (C=O) groups excluding carboxylic acids is 1. The van der Waals surface area contributed by atoms with Gasteiger partial charge in [-0.2, -0.15) is 0 Å². The zero-order chi connectivity index (χ0) is 9.14. The molecule has 0 saturated heterocycles. The summed E-state index contributed by atoms with van der Waals surface area (Å²) in [7, 11) is 0. The highest BCUT2D eigenvalue weighted by atomic mass is 16.3. The molecule has 0 radical (unpaired) electrons. The summed E-state index contributed by atoms with van der Waals surface area (Å²) < 4.78 is 5.20. The first kappa shape index (κ1) is 9.04. The van der Waals surface area contributed by atoms with E-state index in [9.17, 15) is 4.79 Å². The summed E-state index contributed by atoms with van der Waals surface area (Å²) in [6.45, 7) is 5.65. The second-order valence-corrected chi connectivity index (χ2v) is 3.35. The van der Waals surface area contributed by atoms with E-state index in [1.165, 1.54) is 0 Å². The molecule has 0 spiro atoms. The van der Waals surface area contributed by atoms with Crippen LogP contribution in [0.25, 0.3) is 0 Å². The third kappa shape index (κ3) is 1.76. The molecule has 2 nitrogen and oxygen atoms in total. The van der Waals surface area contributed by atoms with Crippen LogP contribution in [-0.4, -0.2) is 5.78 Å². The number of Topliss-reactive ketones (excluding diaryl/α,β-unsaturated/α-hetero) is 1. The minimum absolute atomic E-state index is 0.0833. The molecule has 0 aliphatic rings. The van der Waals surface area contributed by atoms with Gasteiger partial charge in [-0.3, -0.25) is 4.79 Å². The van der Waals surface area contributed by atoms with E-state index < -0.39 is 0 Å². The second kappa shape index (κ2) is 3.57. The maximum absolute atomic E-state index is 11.2. The third-order valence-corrected chi connectivity index (χ3v) is 1.95. The fourth-order valence-corrected chi connectivity index (χ4v) is 1.47.